The van der Waals surface area contributed by atoms with Crippen LogP contribution >= 0.6 is 0 Å². The van der Waals surface area contributed by atoms with Gasteiger partial charge in [-0.05, 0) is 6.08 Å². The Morgan fingerprint density at radius 2 is 2.62 bits per heavy atom. The highest BCUT2D eigenvalue weighted by Gasteiger charge is 2.08. The number of aliphatic hydroxyl groups is 1. The van der Waals surface area contributed by atoms with Gasteiger partial charge in [0.2, 0.25) is 5.91 Å². The molecular formula is C5H5NO2. The lowest BCUT2D eigenvalue weighted by Crippen LogP contribution is -2.35. The maximum Gasteiger partial charge on any atom is 0.235 e. The topological polar surface area (TPSA) is 49.3 Å². The second kappa shape index (κ2) is 1.96. The molecule has 0 aromatic carbocycles. The van der Waals surface area contributed by atoms with Crippen LogP contribution in [0.2, 0.25) is 0 Å². The van der Waals surface area contributed by atoms with Crippen molar-refractivity contribution in [3.8, 4) is 0 Å². The second-order valence-electron chi connectivity index (χ2n) is 1.42. The first-order valence-electron chi connectivity index (χ1n) is 2.21. The van der Waals surface area contributed by atoms with Crippen LogP contribution in [-0.4, -0.2) is 17.2 Å². The zero-order chi connectivity index (χ0) is 5.98. The van der Waals surface area contributed by atoms with Crippen molar-refractivity contribution in [2.45, 2.75) is 6.23 Å². The summed E-state index contributed by atoms with van der Waals surface area (Å²) in [7, 11) is 0. The summed E-state index contributed by atoms with van der Waals surface area (Å²) < 4.78 is 0. The van der Waals surface area contributed by atoms with Gasteiger partial charge in [0.25, 0.3) is 0 Å². The van der Waals surface area contributed by atoms with Gasteiger partial charge in [0.15, 0.2) is 0 Å². The molecule has 0 saturated heterocycles. The lowest BCUT2D eigenvalue weighted by molar-refractivity contribution is -0.119. The molecule has 1 heterocycles. The van der Waals surface area contributed by atoms with E-state index in [4.69, 9.17) is 5.11 Å². The molecule has 0 fully saturated rings. The van der Waals surface area contributed by atoms with Crippen LogP contribution in [0.4, 0.5) is 0 Å². The predicted molar refractivity (Wildman–Crippen MR) is 26.5 cm³/mol. The summed E-state index contributed by atoms with van der Waals surface area (Å²) in [5.41, 5.74) is 0. The number of hydrogen-bond donors (Lipinski definition) is 2. The molecule has 1 aliphatic rings. The van der Waals surface area contributed by atoms with Gasteiger partial charge >= 0.3 is 0 Å². The largest absolute Gasteiger partial charge is 0.370 e. The molecule has 42 valence electrons. The van der Waals surface area contributed by atoms with Crippen molar-refractivity contribution in [2.24, 2.45) is 0 Å². The predicted octanol–water partition coefficient (Wildman–Crippen LogP) is -0.928. The van der Waals surface area contributed by atoms with Gasteiger partial charge in [0, 0.05) is 0 Å². The number of carbonyl (C=O) groups excluding carboxylic acids is 1. The minimum Gasteiger partial charge on any atom is -0.370 e. The molecule has 3 heteroatoms. The van der Waals surface area contributed by atoms with E-state index in [2.05, 4.69) is 11.7 Å². The molecule has 8 heavy (non-hydrogen) atoms. The highest BCUT2D eigenvalue weighted by atomic mass is 16.3. The van der Waals surface area contributed by atoms with Crippen LogP contribution in [0, 0.1) is 6.42 Å². The third kappa shape index (κ3) is 1.07. The highest BCUT2D eigenvalue weighted by Crippen LogP contribution is 1.92. The summed E-state index contributed by atoms with van der Waals surface area (Å²) in [5, 5.41) is 10.8. The molecule has 1 unspecified atom stereocenters. The van der Waals surface area contributed by atoms with Crippen LogP contribution in [0.3, 0.4) is 0 Å². The number of nitrogens with one attached hydrogen (secondary N) is 1. The molecule has 2 radical (unpaired) electrons. The Labute approximate surface area is 47.0 Å². The van der Waals surface area contributed by atoms with E-state index in [1.54, 1.807) is 0 Å². The summed E-state index contributed by atoms with van der Waals surface area (Å²) in [5.74, 6) is -0.375. The van der Waals surface area contributed by atoms with Gasteiger partial charge in [-0.15, -0.1) is 0 Å². The van der Waals surface area contributed by atoms with Crippen molar-refractivity contribution in [3.63, 3.8) is 0 Å². The van der Waals surface area contributed by atoms with E-state index in [9.17, 15) is 4.79 Å². The van der Waals surface area contributed by atoms with Gasteiger partial charge in [0.1, 0.15) is 12.6 Å². The number of hydrogen-bond acceptors (Lipinski definition) is 2. The van der Waals surface area contributed by atoms with E-state index in [0.29, 0.717) is 0 Å². The zero-order valence-corrected chi connectivity index (χ0v) is 4.09. The first-order chi connectivity index (χ1) is 3.79. The van der Waals surface area contributed by atoms with Crippen molar-refractivity contribution in [1.82, 2.24) is 5.32 Å². The van der Waals surface area contributed by atoms with Crippen molar-refractivity contribution in [2.75, 3.05) is 0 Å². The van der Waals surface area contributed by atoms with E-state index in [1.807, 2.05) is 0 Å². The molecule has 0 saturated carbocycles. The van der Waals surface area contributed by atoms with Crippen molar-refractivity contribution in [1.29, 1.82) is 0 Å². The second-order valence-corrected chi connectivity index (χ2v) is 1.42. The smallest absolute Gasteiger partial charge is 0.235 e. The van der Waals surface area contributed by atoms with Gasteiger partial charge in [-0.2, -0.15) is 0 Å². The normalized spacial score (nSPS) is 27.6. The average molecular weight is 111 g/mol. The standard InChI is InChI=1S/C5H5NO2/c7-4-2-1-3-5(8)6-4/h1-2,4,7H,(H,6,8). The van der Waals surface area contributed by atoms with Gasteiger partial charge in [0.05, 0.1) is 0 Å². The van der Waals surface area contributed by atoms with Gasteiger partial charge in [-0.1, -0.05) is 6.08 Å². The van der Waals surface area contributed by atoms with E-state index in [-0.39, 0.29) is 5.91 Å². The first kappa shape index (κ1) is 5.31. The molecule has 1 atom stereocenters. The Balaban J connectivity index is 2.54. The SMILES string of the molecule is O=C1[C]C=CC(O)N1. The Bertz CT molecular complexity index is 130. The average Bonchev–Trinajstić information content (AvgIpc) is 1.64. The number of amides is 1. The van der Waals surface area contributed by atoms with E-state index in [0.717, 1.165) is 0 Å². The molecule has 0 aliphatic carbocycles. The molecule has 1 amide bonds. The third-order valence-electron chi connectivity index (χ3n) is 0.772. The highest BCUT2D eigenvalue weighted by molar-refractivity contribution is 5.88. The van der Waals surface area contributed by atoms with Crippen LogP contribution in [0.5, 0.6) is 0 Å². The Morgan fingerprint density at radius 3 is 3.00 bits per heavy atom. The monoisotopic (exact) mass is 111 g/mol. The molecule has 1 aliphatic heterocycles. The van der Waals surface area contributed by atoms with Crippen molar-refractivity contribution < 1.29 is 9.90 Å². The minimum atomic E-state index is -0.830. The molecule has 2 N–H and O–H groups in total. The fraction of sp³-hybridized carbons (Fsp3) is 0.200. The van der Waals surface area contributed by atoms with Crippen LogP contribution in [-0.2, 0) is 4.79 Å². The molecule has 0 aromatic heterocycles. The Morgan fingerprint density at radius 1 is 1.88 bits per heavy atom. The lowest BCUT2D eigenvalue weighted by atomic mass is 10.3. The van der Waals surface area contributed by atoms with Gasteiger partial charge in [-0.25, -0.2) is 0 Å². The quantitative estimate of drug-likeness (QED) is 0.424. The van der Waals surface area contributed by atoms with Crippen LogP contribution in [0.1, 0.15) is 0 Å². The Hall–Kier alpha value is -0.830. The Kier molecular flexibility index (Phi) is 1.30. The summed E-state index contributed by atoms with van der Waals surface area (Å²) in [6.07, 6.45) is 4.32. The number of aliphatic hydroxyl groups excluding tert-OH is 1. The number of rotatable bonds is 0. The zero-order valence-electron chi connectivity index (χ0n) is 4.09. The maximum atomic E-state index is 10.2. The van der Waals surface area contributed by atoms with E-state index >= 15 is 0 Å². The van der Waals surface area contributed by atoms with Crippen molar-refractivity contribution >= 4 is 5.91 Å². The first-order valence-corrected chi connectivity index (χ1v) is 2.21. The maximum absolute atomic E-state index is 10.2. The third-order valence-corrected chi connectivity index (χ3v) is 0.772. The summed E-state index contributed by atoms with van der Waals surface area (Å²) >= 11 is 0. The fourth-order valence-electron chi connectivity index (χ4n) is 0.439. The van der Waals surface area contributed by atoms with Crippen LogP contribution in [0.25, 0.3) is 0 Å². The van der Waals surface area contributed by atoms with Crippen LogP contribution < -0.4 is 5.32 Å². The minimum absolute atomic E-state index is 0.375. The molecule has 0 spiro atoms. The molecule has 1 rings (SSSR count). The summed E-state index contributed by atoms with van der Waals surface area (Å²) in [6, 6.07) is 0. The molecule has 0 aromatic rings. The fourth-order valence-corrected chi connectivity index (χ4v) is 0.439. The molecule has 0 bridgehead atoms. The molecule has 3 nitrogen and oxygen atoms in total. The lowest BCUT2D eigenvalue weighted by Gasteiger charge is -2.10. The molecular weight excluding hydrogens is 106 g/mol. The number of carbonyl (C=O) groups is 1. The summed E-state index contributed by atoms with van der Waals surface area (Å²) in [4.78, 5) is 10.2. The van der Waals surface area contributed by atoms with Crippen molar-refractivity contribution in [3.05, 3.63) is 18.6 Å². The van der Waals surface area contributed by atoms with Crippen LogP contribution in [0.15, 0.2) is 12.2 Å². The van der Waals surface area contributed by atoms with E-state index in [1.165, 1.54) is 12.2 Å². The van der Waals surface area contributed by atoms with Gasteiger partial charge < -0.3 is 10.4 Å². The van der Waals surface area contributed by atoms with Gasteiger partial charge in [-0.3, -0.25) is 4.79 Å². The van der Waals surface area contributed by atoms with E-state index < -0.39 is 6.23 Å². The summed E-state index contributed by atoms with van der Waals surface area (Å²) in [6.45, 7) is 0.